The number of hydrogen-bond donors (Lipinski definition) is 2. The SMILES string of the molecule is O=C(Nc1ccc(C(F)(F)F)cc1)c1ccnc(NCc2cccnc2)n1. The molecule has 0 aliphatic carbocycles. The van der Waals surface area contributed by atoms with E-state index in [-0.39, 0.29) is 17.3 Å². The first-order valence-corrected chi connectivity index (χ1v) is 7.86. The average Bonchev–Trinajstić information content (AvgIpc) is 2.67. The van der Waals surface area contributed by atoms with Crippen molar-refractivity contribution in [1.82, 2.24) is 15.0 Å². The maximum atomic E-state index is 12.6. The zero-order valence-electron chi connectivity index (χ0n) is 13.9. The van der Waals surface area contributed by atoms with Crippen LogP contribution in [0, 0.1) is 0 Å². The highest BCUT2D eigenvalue weighted by atomic mass is 19.4. The van der Waals surface area contributed by atoms with Crippen LogP contribution in [0.3, 0.4) is 0 Å². The Morgan fingerprint density at radius 1 is 1.04 bits per heavy atom. The minimum absolute atomic E-state index is 0.0820. The molecule has 0 aliphatic rings. The molecule has 2 aromatic heterocycles. The number of aromatic nitrogens is 3. The van der Waals surface area contributed by atoms with E-state index in [4.69, 9.17) is 0 Å². The summed E-state index contributed by atoms with van der Waals surface area (Å²) in [5.41, 5.74) is 0.445. The third kappa shape index (κ3) is 5.00. The van der Waals surface area contributed by atoms with Crippen LogP contribution in [-0.4, -0.2) is 20.9 Å². The molecule has 0 spiro atoms. The Bertz CT molecular complexity index is 914. The summed E-state index contributed by atoms with van der Waals surface area (Å²) in [6, 6.07) is 9.25. The summed E-state index contributed by atoms with van der Waals surface area (Å²) in [6.07, 6.45) is 0.338. The first-order chi connectivity index (χ1) is 12.9. The fourth-order valence-corrected chi connectivity index (χ4v) is 2.19. The Morgan fingerprint density at radius 3 is 2.48 bits per heavy atom. The predicted molar refractivity (Wildman–Crippen MR) is 93.0 cm³/mol. The van der Waals surface area contributed by atoms with E-state index in [1.807, 2.05) is 6.07 Å². The van der Waals surface area contributed by atoms with E-state index >= 15 is 0 Å². The van der Waals surface area contributed by atoms with Crippen LogP contribution in [0.1, 0.15) is 21.6 Å². The normalized spacial score (nSPS) is 11.1. The Hall–Kier alpha value is -3.49. The lowest BCUT2D eigenvalue weighted by atomic mass is 10.2. The van der Waals surface area contributed by atoms with Crippen molar-refractivity contribution < 1.29 is 18.0 Å². The van der Waals surface area contributed by atoms with E-state index < -0.39 is 17.6 Å². The third-order valence-corrected chi connectivity index (χ3v) is 3.53. The van der Waals surface area contributed by atoms with E-state index in [0.29, 0.717) is 6.54 Å². The highest BCUT2D eigenvalue weighted by molar-refractivity contribution is 6.02. The van der Waals surface area contributed by atoms with Gasteiger partial charge in [0, 0.05) is 30.8 Å². The molecule has 0 bridgehead atoms. The van der Waals surface area contributed by atoms with Crippen LogP contribution in [0.25, 0.3) is 0 Å². The van der Waals surface area contributed by atoms with Gasteiger partial charge in [-0.1, -0.05) is 6.07 Å². The van der Waals surface area contributed by atoms with Crippen LogP contribution >= 0.6 is 0 Å². The minimum atomic E-state index is -4.43. The standard InChI is InChI=1S/C18H14F3N5O/c19-18(20,21)13-3-5-14(6-4-13)25-16(27)15-7-9-23-17(26-15)24-11-12-2-1-8-22-10-12/h1-10H,11H2,(H,25,27)(H,23,24,26). The van der Waals surface area contributed by atoms with Gasteiger partial charge in [-0.15, -0.1) is 0 Å². The lowest BCUT2D eigenvalue weighted by Gasteiger charge is -2.09. The lowest BCUT2D eigenvalue weighted by Crippen LogP contribution is -2.15. The summed E-state index contributed by atoms with van der Waals surface area (Å²) in [6.45, 7) is 0.428. The van der Waals surface area contributed by atoms with Crippen LogP contribution in [-0.2, 0) is 12.7 Å². The number of anilines is 2. The van der Waals surface area contributed by atoms with Crippen molar-refractivity contribution >= 4 is 17.5 Å². The van der Waals surface area contributed by atoms with E-state index in [1.165, 1.54) is 24.4 Å². The number of amides is 1. The van der Waals surface area contributed by atoms with Crippen molar-refractivity contribution in [2.45, 2.75) is 12.7 Å². The highest BCUT2D eigenvalue weighted by Crippen LogP contribution is 2.29. The largest absolute Gasteiger partial charge is 0.416 e. The van der Waals surface area contributed by atoms with Gasteiger partial charge in [-0.3, -0.25) is 9.78 Å². The van der Waals surface area contributed by atoms with E-state index in [1.54, 1.807) is 18.5 Å². The second kappa shape index (κ2) is 7.81. The molecule has 27 heavy (non-hydrogen) atoms. The molecule has 0 aliphatic heterocycles. The van der Waals surface area contributed by atoms with Crippen LogP contribution in [0.5, 0.6) is 0 Å². The Balaban J connectivity index is 1.64. The second-order valence-corrected chi connectivity index (χ2v) is 5.51. The molecule has 6 nitrogen and oxygen atoms in total. The van der Waals surface area contributed by atoms with Gasteiger partial charge in [0.25, 0.3) is 5.91 Å². The number of nitrogens with one attached hydrogen (secondary N) is 2. The van der Waals surface area contributed by atoms with Gasteiger partial charge in [0.15, 0.2) is 0 Å². The zero-order chi connectivity index (χ0) is 19.3. The van der Waals surface area contributed by atoms with E-state index in [2.05, 4.69) is 25.6 Å². The molecule has 0 saturated carbocycles. The quantitative estimate of drug-likeness (QED) is 0.712. The number of alkyl halides is 3. The smallest absolute Gasteiger partial charge is 0.350 e. The number of halogens is 3. The Kier molecular flexibility index (Phi) is 5.30. The molecule has 0 radical (unpaired) electrons. The van der Waals surface area contributed by atoms with Gasteiger partial charge in [-0.25, -0.2) is 9.97 Å². The van der Waals surface area contributed by atoms with Crippen molar-refractivity contribution in [3.63, 3.8) is 0 Å². The monoisotopic (exact) mass is 373 g/mol. The summed E-state index contributed by atoms with van der Waals surface area (Å²) in [7, 11) is 0. The molecule has 0 saturated heterocycles. The number of benzene rings is 1. The van der Waals surface area contributed by atoms with Gasteiger partial charge < -0.3 is 10.6 Å². The average molecular weight is 373 g/mol. The summed E-state index contributed by atoms with van der Waals surface area (Å²) >= 11 is 0. The first kappa shape index (κ1) is 18.3. The molecule has 3 rings (SSSR count). The molecule has 1 aromatic carbocycles. The first-order valence-electron chi connectivity index (χ1n) is 7.86. The number of nitrogens with zero attached hydrogens (tertiary/aromatic N) is 3. The molecule has 0 fully saturated rings. The van der Waals surface area contributed by atoms with E-state index in [9.17, 15) is 18.0 Å². The van der Waals surface area contributed by atoms with Crippen LogP contribution in [0.2, 0.25) is 0 Å². The maximum absolute atomic E-state index is 12.6. The molecule has 2 heterocycles. The topological polar surface area (TPSA) is 79.8 Å². The van der Waals surface area contributed by atoms with Crippen molar-refractivity contribution in [2.75, 3.05) is 10.6 Å². The number of carbonyl (C=O) groups is 1. The van der Waals surface area contributed by atoms with Crippen LogP contribution < -0.4 is 10.6 Å². The summed E-state index contributed by atoms with van der Waals surface area (Å²) in [5.74, 6) is -0.305. The third-order valence-electron chi connectivity index (χ3n) is 3.53. The van der Waals surface area contributed by atoms with Crippen LogP contribution in [0.15, 0.2) is 61.1 Å². The molecule has 0 unspecified atom stereocenters. The van der Waals surface area contributed by atoms with Crippen LogP contribution in [0.4, 0.5) is 24.8 Å². The Labute approximate surface area is 152 Å². The van der Waals surface area contributed by atoms with Crippen molar-refractivity contribution in [2.24, 2.45) is 0 Å². The summed E-state index contributed by atoms with van der Waals surface area (Å²) in [5, 5.41) is 5.48. The highest BCUT2D eigenvalue weighted by Gasteiger charge is 2.30. The molecule has 3 aromatic rings. The number of carbonyl (C=O) groups excluding carboxylic acids is 1. The molecule has 138 valence electrons. The van der Waals surface area contributed by atoms with Crippen molar-refractivity contribution in [1.29, 1.82) is 0 Å². The second-order valence-electron chi connectivity index (χ2n) is 5.51. The predicted octanol–water partition coefficient (Wildman–Crippen LogP) is 3.75. The zero-order valence-corrected chi connectivity index (χ0v) is 13.9. The fraction of sp³-hybridized carbons (Fsp3) is 0.111. The lowest BCUT2D eigenvalue weighted by molar-refractivity contribution is -0.137. The minimum Gasteiger partial charge on any atom is -0.350 e. The maximum Gasteiger partial charge on any atom is 0.416 e. The molecular formula is C18H14F3N5O. The van der Waals surface area contributed by atoms with Gasteiger partial charge >= 0.3 is 6.18 Å². The number of rotatable bonds is 5. The van der Waals surface area contributed by atoms with Gasteiger partial charge in [0.2, 0.25) is 5.95 Å². The van der Waals surface area contributed by atoms with Gasteiger partial charge in [0.1, 0.15) is 5.69 Å². The van der Waals surface area contributed by atoms with Gasteiger partial charge in [-0.2, -0.15) is 13.2 Å². The fourth-order valence-electron chi connectivity index (χ4n) is 2.19. The molecule has 0 atom stereocenters. The van der Waals surface area contributed by atoms with Gasteiger partial charge in [0.05, 0.1) is 5.56 Å². The van der Waals surface area contributed by atoms with Crippen molar-refractivity contribution in [3.05, 3.63) is 77.9 Å². The molecule has 2 N–H and O–H groups in total. The molecule has 9 heteroatoms. The Morgan fingerprint density at radius 2 is 1.81 bits per heavy atom. The van der Waals surface area contributed by atoms with Gasteiger partial charge in [-0.05, 0) is 42.0 Å². The van der Waals surface area contributed by atoms with Crippen molar-refractivity contribution in [3.8, 4) is 0 Å². The molecule has 1 amide bonds. The summed E-state index contributed by atoms with van der Waals surface area (Å²) in [4.78, 5) is 24.4. The van der Waals surface area contributed by atoms with E-state index in [0.717, 1.165) is 17.7 Å². The summed E-state index contributed by atoms with van der Waals surface area (Å²) < 4.78 is 37.7. The molecular weight excluding hydrogens is 359 g/mol. The number of hydrogen-bond acceptors (Lipinski definition) is 5. The number of pyridine rings is 1.